The molecule has 0 saturated carbocycles. The topological polar surface area (TPSA) is 12.9 Å². The molecule has 0 amide bonds. The largest absolute Gasteiger partial charge is 0.256 e. The summed E-state index contributed by atoms with van der Waals surface area (Å²) >= 11 is 0. The van der Waals surface area contributed by atoms with E-state index in [4.69, 9.17) is 0 Å². The Bertz CT molecular complexity index is 1380. The van der Waals surface area contributed by atoms with E-state index in [9.17, 15) is 22.0 Å². The molecular formula is C27H18F5N. The minimum absolute atomic E-state index is 0.0861. The van der Waals surface area contributed by atoms with Gasteiger partial charge in [-0.2, -0.15) is 0 Å². The first kappa shape index (κ1) is 22.5. The van der Waals surface area contributed by atoms with Crippen LogP contribution in [-0.2, 0) is 6.42 Å². The highest BCUT2D eigenvalue weighted by molar-refractivity contribution is 5.84. The lowest BCUT2D eigenvalue weighted by molar-refractivity contribution is 0.453. The molecule has 1 heterocycles. The molecule has 0 aliphatic heterocycles. The average Bonchev–Trinajstić information content (AvgIpc) is 2.81. The molecule has 0 bridgehead atoms. The normalized spacial score (nSPS) is 10.8. The Balaban J connectivity index is 1.63. The Kier molecular flexibility index (Phi) is 6.41. The van der Waals surface area contributed by atoms with Crippen LogP contribution in [0.15, 0.2) is 54.7 Å². The van der Waals surface area contributed by atoms with Crippen molar-refractivity contribution >= 4 is 10.8 Å². The number of nitrogens with zero attached hydrogens (tertiary/aromatic N) is 1. The molecule has 1 nitrogen and oxygen atoms in total. The standard InChI is InChI=1S/C27H18F5N/c1-2-3-4-17-7-10-25(33-15-17)19-13-22(28)21(23(29)14-19)9-6-16-5-8-20-18(11-16)12-24(30)27(32)26(20)31/h5,7-8,10-15H,2-4H2,1H3. The maximum atomic E-state index is 14.6. The molecule has 33 heavy (non-hydrogen) atoms. The highest BCUT2D eigenvalue weighted by atomic mass is 19.2. The molecule has 0 radical (unpaired) electrons. The van der Waals surface area contributed by atoms with E-state index in [0.29, 0.717) is 5.69 Å². The summed E-state index contributed by atoms with van der Waals surface area (Å²) in [6.07, 6.45) is 4.69. The second-order valence-corrected chi connectivity index (χ2v) is 7.64. The van der Waals surface area contributed by atoms with Gasteiger partial charge in [-0.25, -0.2) is 22.0 Å². The summed E-state index contributed by atoms with van der Waals surface area (Å²) in [5, 5.41) is -0.0303. The average molecular weight is 451 g/mol. The third kappa shape index (κ3) is 4.73. The van der Waals surface area contributed by atoms with Crippen molar-refractivity contribution in [2.45, 2.75) is 26.2 Å². The summed E-state index contributed by atoms with van der Waals surface area (Å²) in [5.74, 6) is -0.873. The molecule has 0 aliphatic carbocycles. The summed E-state index contributed by atoms with van der Waals surface area (Å²) in [6, 6.07) is 10.7. The number of fused-ring (bicyclic) bond motifs is 1. The monoisotopic (exact) mass is 451 g/mol. The van der Waals surface area contributed by atoms with Gasteiger partial charge in [0.05, 0.1) is 11.3 Å². The molecule has 0 N–H and O–H groups in total. The SMILES string of the molecule is CCCCc1ccc(-c2cc(F)c(C#Cc3ccc4c(F)c(F)c(F)cc4c3)c(F)c2)nc1. The van der Waals surface area contributed by atoms with Crippen LogP contribution in [0.4, 0.5) is 22.0 Å². The van der Waals surface area contributed by atoms with E-state index in [1.165, 1.54) is 18.2 Å². The fourth-order valence-corrected chi connectivity index (χ4v) is 3.48. The Labute approximate surface area is 187 Å². The van der Waals surface area contributed by atoms with Crippen molar-refractivity contribution in [2.24, 2.45) is 0 Å². The highest BCUT2D eigenvalue weighted by Crippen LogP contribution is 2.25. The molecule has 0 fully saturated rings. The van der Waals surface area contributed by atoms with E-state index in [0.717, 1.165) is 43.0 Å². The number of hydrogen-bond acceptors (Lipinski definition) is 1. The molecular weight excluding hydrogens is 433 g/mol. The van der Waals surface area contributed by atoms with Crippen molar-refractivity contribution in [3.05, 3.63) is 101 Å². The Hall–Kier alpha value is -3.72. The van der Waals surface area contributed by atoms with Gasteiger partial charge in [0, 0.05) is 22.7 Å². The second-order valence-electron chi connectivity index (χ2n) is 7.64. The van der Waals surface area contributed by atoms with E-state index in [1.807, 2.05) is 6.07 Å². The zero-order chi connectivity index (χ0) is 23.5. The lowest BCUT2D eigenvalue weighted by atomic mass is 10.0. The summed E-state index contributed by atoms with van der Waals surface area (Å²) in [7, 11) is 0. The molecule has 0 aliphatic rings. The van der Waals surface area contributed by atoms with Crippen LogP contribution < -0.4 is 0 Å². The third-order valence-electron chi connectivity index (χ3n) is 5.29. The predicted molar refractivity (Wildman–Crippen MR) is 118 cm³/mol. The van der Waals surface area contributed by atoms with E-state index < -0.39 is 34.6 Å². The minimum Gasteiger partial charge on any atom is -0.256 e. The fourth-order valence-electron chi connectivity index (χ4n) is 3.48. The summed E-state index contributed by atoms with van der Waals surface area (Å²) in [4.78, 5) is 4.30. The maximum absolute atomic E-state index is 14.6. The predicted octanol–water partition coefficient (Wildman–Crippen LogP) is 7.34. The van der Waals surface area contributed by atoms with Crippen LogP contribution in [0, 0.1) is 40.9 Å². The van der Waals surface area contributed by atoms with Crippen molar-refractivity contribution < 1.29 is 22.0 Å². The fraction of sp³-hybridized carbons (Fsp3) is 0.148. The van der Waals surface area contributed by atoms with Crippen molar-refractivity contribution in [3.8, 4) is 23.1 Å². The van der Waals surface area contributed by atoms with Gasteiger partial charge in [0.1, 0.15) is 11.6 Å². The van der Waals surface area contributed by atoms with Crippen LogP contribution in [0.3, 0.4) is 0 Å². The number of benzene rings is 3. The van der Waals surface area contributed by atoms with Gasteiger partial charge in [-0.3, -0.25) is 4.98 Å². The molecule has 0 spiro atoms. The third-order valence-corrected chi connectivity index (χ3v) is 5.29. The first-order chi connectivity index (χ1) is 15.9. The van der Waals surface area contributed by atoms with Crippen LogP contribution in [0.25, 0.3) is 22.0 Å². The number of aromatic nitrogens is 1. The Morgan fingerprint density at radius 3 is 2.21 bits per heavy atom. The van der Waals surface area contributed by atoms with E-state index in [1.54, 1.807) is 12.3 Å². The zero-order valence-corrected chi connectivity index (χ0v) is 17.7. The second kappa shape index (κ2) is 9.41. The van der Waals surface area contributed by atoms with Crippen LogP contribution in [0.1, 0.15) is 36.5 Å². The van der Waals surface area contributed by atoms with Crippen molar-refractivity contribution in [2.75, 3.05) is 0 Å². The van der Waals surface area contributed by atoms with Gasteiger partial charge in [0.2, 0.25) is 0 Å². The van der Waals surface area contributed by atoms with Crippen LogP contribution >= 0.6 is 0 Å². The first-order valence-corrected chi connectivity index (χ1v) is 10.4. The maximum Gasteiger partial charge on any atom is 0.195 e. The lowest BCUT2D eigenvalue weighted by Crippen LogP contribution is -1.95. The van der Waals surface area contributed by atoms with Gasteiger partial charge >= 0.3 is 0 Å². The number of halogens is 5. The number of hydrogen-bond donors (Lipinski definition) is 0. The Morgan fingerprint density at radius 1 is 0.788 bits per heavy atom. The van der Waals surface area contributed by atoms with E-state index >= 15 is 0 Å². The Morgan fingerprint density at radius 2 is 1.55 bits per heavy atom. The van der Waals surface area contributed by atoms with Gasteiger partial charge in [0.25, 0.3) is 0 Å². The van der Waals surface area contributed by atoms with Gasteiger partial charge < -0.3 is 0 Å². The van der Waals surface area contributed by atoms with Gasteiger partial charge in [0.15, 0.2) is 17.5 Å². The number of rotatable bonds is 4. The highest BCUT2D eigenvalue weighted by Gasteiger charge is 2.14. The summed E-state index contributed by atoms with van der Waals surface area (Å²) in [5.41, 5.74) is 1.62. The lowest BCUT2D eigenvalue weighted by Gasteiger charge is -2.06. The van der Waals surface area contributed by atoms with Crippen LogP contribution in [-0.4, -0.2) is 4.98 Å². The molecule has 166 valence electrons. The van der Waals surface area contributed by atoms with E-state index in [2.05, 4.69) is 23.7 Å². The van der Waals surface area contributed by atoms with Crippen LogP contribution in [0.5, 0.6) is 0 Å². The number of pyridine rings is 1. The summed E-state index contributed by atoms with van der Waals surface area (Å²) < 4.78 is 70.0. The quantitative estimate of drug-likeness (QED) is 0.180. The summed E-state index contributed by atoms with van der Waals surface area (Å²) in [6.45, 7) is 2.10. The van der Waals surface area contributed by atoms with Crippen LogP contribution in [0.2, 0.25) is 0 Å². The minimum atomic E-state index is -1.56. The van der Waals surface area contributed by atoms with Gasteiger partial charge in [-0.05, 0) is 60.2 Å². The molecule has 0 unspecified atom stereocenters. The van der Waals surface area contributed by atoms with Crippen molar-refractivity contribution in [1.29, 1.82) is 0 Å². The molecule has 6 heteroatoms. The molecule has 4 aromatic rings. The number of unbranched alkanes of at least 4 members (excludes halogenated alkanes) is 1. The van der Waals surface area contributed by atoms with Crippen molar-refractivity contribution in [1.82, 2.24) is 4.98 Å². The molecule has 0 atom stereocenters. The van der Waals surface area contributed by atoms with Crippen molar-refractivity contribution in [3.63, 3.8) is 0 Å². The number of aryl methyl sites for hydroxylation is 1. The van der Waals surface area contributed by atoms with Gasteiger partial charge in [-0.1, -0.05) is 37.3 Å². The molecule has 3 aromatic carbocycles. The zero-order valence-electron chi connectivity index (χ0n) is 17.7. The molecule has 4 rings (SSSR count). The molecule has 0 saturated heterocycles. The first-order valence-electron chi connectivity index (χ1n) is 10.4. The van der Waals surface area contributed by atoms with E-state index in [-0.39, 0.29) is 21.9 Å². The smallest absolute Gasteiger partial charge is 0.195 e. The molecule has 1 aromatic heterocycles. The van der Waals surface area contributed by atoms with Gasteiger partial charge in [-0.15, -0.1) is 0 Å².